The van der Waals surface area contributed by atoms with Crippen molar-refractivity contribution in [1.29, 1.82) is 0 Å². The first kappa shape index (κ1) is 13.3. The number of hydrogen-bond donors (Lipinski definition) is 3. The van der Waals surface area contributed by atoms with E-state index in [9.17, 15) is 13.2 Å². The van der Waals surface area contributed by atoms with E-state index < -0.39 is 15.9 Å². The molecular formula is C12H13N3O3S. The number of aryl methyl sites for hydroxylation is 1. The number of rotatable bonds is 4. The Hall–Kier alpha value is -2.12. The Kier molecular flexibility index (Phi) is 3.68. The van der Waals surface area contributed by atoms with Gasteiger partial charge in [-0.1, -0.05) is 17.7 Å². The molecule has 0 spiro atoms. The molecule has 0 saturated carbocycles. The van der Waals surface area contributed by atoms with Gasteiger partial charge in [0.05, 0.1) is 4.90 Å². The van der Waals surface area contributed by atoms with E-state index in [1.54, 1.807) is 24.4 Å². The van der Waals surface area contributed by atoms with Crippen molar-refractivity contribution in [3.63, 3.8) is 0 Å². The van der Waals surface area contributed by atoms with E-state index in [0.29, 0.717) is 0 Å². The second-order valence-electron chi connectivity index (χ2n) is 3.96. The molecule has 1 amide bonds. The fraction of sp³-hybridized carbons (Fsp3) is 0.0833. The van der Waals surface area contributed by atoms with E-state index in [-0.39, 0.29) is 10.6 Å². The standard InChI is InChI=1S/C12H13N3O3S/c1-9-4-6-10(7-5-9)19(17,18)15-14-12(16)11-3-2-8-13-11/h2-8,13,15H,1H3,(H,14,16). The first-order valence-electron chi connectivity index (χ1n) is 5.51. The molecule has 2 rings (SSSR count). The van der Waals surface area contributed by atoms with E-state index in [0.717, 1.165) is 5.56 Å². The van der Waals surface area contributed by atoms with Crippen LogP contribution in [-0.2, 0) is 10.0 Å². The fourth-order valence-electron chi connectivity index (χ4n) is 1.43. The van der Waals surface area contributed by atoms with Gasteiger partial charge in [-0.05, 0) is 31.2 Å². The molecule has 3 N–H and O–H groups in total. The zero-order valence-corrected chi connectivity index (χ0v) is 11.0. The second kappa shape index (κ2) is 5.25. The molecule has 0 radical (unpaired) electrons. The Balaban J connectivity index is 2.06. The van der Waals surface area contributed by atoms with Crippen molar-refractivity contribution in [2.45, 2.75) is 11.8 Å². The molecule has 0 aliphatic carbocycles. The monoisotopic (exact) mass is 279 g/mol. The van der Waals surface area contributed by atoms with Gasteiger partial charge >= 0.3 is 0 Å². The summed E-state index contributed by atoms with van der Waals surface area (Å²) in [5, 5.41) is 0. The zero-order valence-electron chi connectivity index (χ0n) is 10.2. The first-order chi connectivity index (χ1) is 8.99. The Labute approximate surface area is 110 Å². The number of aromatic amines is 1. The van der Waals surface area contributed by atoms with Crippen LogP contribution in [0.25, 0.3) is 0 Å². The molecule has 7 heteroatoms. The van der Waals surface area contributed by atoms with Crippen LogP contribution >= 0.6 is 0 Å². The smallest absolute Gasteiger partial charge is 0.282 e. The summed E-state index contributed by atoms with van der Waals surface area (Å²) >= 11 is 0. The lowest BCUT2D eigenvalue weighted by atomic mass is 10.2. The molecule has 1 aromatic carbocycles. The van der Waals surface area contributed by atoms with Crippen molar-refractivity contribution in [1.82, 2.24) is 15.2 Å². The second-order valence-corrected chi connectivity index (χ2v) is 5.64. The van der Waals surface area contributed by atoms with Crippen molar-refractivity contribution in [3.8, 4) is 0 Å². The lowest BCUT2D eigenvalue weighted by molar-refractivity contribution is 0.0940. The van der Waals surface area contributed by atoms with Gasteiger partial charge < -0.3 is 4.98 Å². The number of carbonyl (C=O) groups excluding carboxylic acids is 1. The topological polar surface area (TPSA) is 91.1 Å². The van der Waals surface area contributed by atoms with Gasteiger partial charge in [-0.3, -0.25) is 10.2 Å². The Morgan fingerprint density at radius 2 is 1.84 bits per heavy atom. The summed E-state index contributed by atoms with van der Waals surface area (Å²) in [6, 6.07) is 9.48. The van der Waals surface area contributed by atoms with Crippen LogP contribution < -0.4 is 10.3 Å². The Morgan fingerprint density at radius 3 is 2.42 bits per heavy atom. The molecule has 100 valence electrons. The molecule has 0 aliphatic heterocycles. The molecule has 1 aromatic heterocycles. The normalized spacial score (nSPS) is 11.2. The van der Waals surface area contributed by atoms with Gasteiger partial charge in [0.25, 0.3) is 15.9 Å². The molecule has 0 atom stereocenters. The Morgan fingerprint density at radius 1 is 1.16 bits per heavy atom. The number of sulfonamides is 1. The largest absolute Gasteiger partial charge is 0.357 e. The average Bonchev–Trinajstić information content (AvgIpc) is 2.90. The van der Waals surface area contributed by atoms with Crippen LogP contribution in [-0.4, -0.2) is 19.3 Å². The van der Waals surface area contributed by atoms with Crippen molar-refractivity contribution >= 4 is 15.9 Å². The minimum Gasteiger partial charge on any atom is -0.357 e. The molecule has 0 saturated heterocycles. The van der Waals surface area contributed by atoms with Crippen LogP contribution in [0.4, 0.5) is 0 Å². The maximum absolute atomic E-state index is 11.9. The third-order valence-corrected chi connectivity index (χ3v) is 3.74. The number of hydrogen-bond acceptors (Lipinski definition) is 3. The molecule has 0 bridgehead atoms. The van der Waals surface area contributed by atoms with Crippen molar-refractivity contribution in [2.75, 3.05) is 0 Å². The molecule has 0 fully saturated rings. The maximum atomic E-state index is 11.9. The van der Waals surface area contributed by atoms with Crippen LogP contribution in [0.3, 0.4) is 0 Å². The summed E-state index contributed by atoms with van der Waals surface area (Å²) in [6.07, 6.45) is 1.57. The van der Waals surface area contributed by atoms with Gasteiger partial charge in [0.15, 0.2) is 0 Å². The number of carbonyl (C=O) groups is 1. The SMILES string of the molecule is Cc1ccc(S(=O)(=O)NNC(=O)c2ccc[nH]2)cc1. The number of benzene rings is 1. The summed E-state index contributed by atoms with van der Waals surface area (Å²) in [5.41, 5.74) is 3.35. The van der Waals surface area contributed by atoms with Gasteiger partial charge in [0.2, 0.25) is 0 Å². The highest BCUT2D eigenvalue weighted by molar-refractivity contribution is 7.89. The third kappa shape index (κ3) is 3.21. The van der Waals surface area contributed by atoms with E-state index in [2.05, 4.69) is 10.4 Å². The van der Waals surface area contributed by atoms with Crippen LogP contribution in [0.1, 0.15) is 16.1 Å². The summed E-state index contributed by atoms with van der Waals surface area (Å²) in [5.74, 6) is -0.555. The highest BCUT2D eigenvalue weighted by Gasteiger charge is 2.15. The summed E-state index contributed by atoms with van der Waals surface area (Å²) in [7, 11) is -3.76. The minimum absolute atomic E-state index is 0.0879. The van der Waals surface area contributed by atoms with Crippen molar-refractivity contribution < 1.29 is 13.2 Å². The van der Waals surface area contributed by atoms with Crippen LogP contribution in [0, 0.1) is 6.92 Å². The number of amides is 1. The van der Waals surface area contributed by atoms with Gasteiger partial charge in [0.1, 0.15) is 5.69 Å². The lowest BCUT2D eigenvalue weighted by Crippen LogP contribution is -2.41. The van der Waals surface area contributed by atoms with Gasteiger partial charge in [-0.15, -0.1) is 4.83 Å². The predicted molar refractivity (Wildman–Crippen MR) is 69.8 cm³/mol. The third-order valence-electron chi connectivity index (χ3n) is 2.47. The molecule has 19 heavy (non-hydrogen) atoms. The first-order valence-corrected chi connectivity index (χ1v) is 6.99. The summed E-state index contributed by atoms with van der Waals surface area (Å²) in [4.78, 5) is 16.4. The summed E-state index contributed by atoms with van der Waals surface area (Å²) in [6.45, 7) is 1.86. The highest BCUT2D eigenvalue weighted by Crippen LogP contribution is 2.09. The van der Waals surface area contributed by atoms with Crippen LogP contribution in [0.15, 0.2) is 47.5 Å². The molecule has 0 aliphatic rings. The minimum atomic E-state index is -3.76. The number of H-pyrrole nitrogens is 1. The summed E-state index contributed by atoms with van der Waals surface area (Å²) < 4.78 is 23.8. The van der Waals surface area contributed by atoms with Gasteiger partial charge in [-0.25, -0.2) is 8.42 Å². The number of aromatic nitrogens is 1. The molecule has 1 heterocycles. The van der Waals surface area contributed by atoms with Gasteiger partial charge in [-0.2, -0.15) is 0 Å². The van der Waals surface area contributed by atoms with Crippen molar-refractivity contribution in [3.05, 3.63) is 53.9 Å². The number of hydrazine groups is 1. The Bertz CT molecular complexity index is 661. The quantitative estimate of drug-likeness (QED) is 0.728. The molecule has 6 nitrogen and oxygen atoms in total. The fourth-order valence-corrected chi connectivity index (χ4v) is 2.27. The van der Waals surface area contributed by atoms with E-state index in [4.69, 9.17) is 0 Å². The maximum Gasteiger partial charge on any atom is 0.282 e. The predicted octanol–water partition coefficient (Wildman–Crippen LogP) is 0.946. The average molecular weight is 279 g/mol. The van der Waals surface area contributed by atoms with Crippen molar-refractivity contribution in [2.24, 2.45) is 0 Å². The van der Waals surface area contributed by atoms with E-state index >= 15 is 0 Å². The van der Waals surface area contributed by atoms with Crippen LogP contribution in [0.2, 0.25) is 0 Å². The zero-order chi connectivity index (χ0) is 13.9. The highest BCUT2D eigenvalue weighted by atomic mass is 32.2. The van der Waals surface area contributed by atoms with Crippen LogP contribution in [0.5, 0.6) is 0 Å². The van der Waals surface area contributed by atoms with Gasteiger partial charge in [0, 0.05) is 6.20 Å². The molecular weight excluding hydrogens is 266 g/mol. The lowest BCUT2D eigenvalue weighted by Gasteiger charge is -2.07. The van der Waals surface area contributed by atoms with E-state index in [1.165, 1.54) is 18.2 Å². The molecule has 0 unspecified atom stereocenters. The number of nitrogens with one attached hydrogen (secondary N) is 3. The van der Waals surface area contributed by atoms with E-state index in [1.807, 2.05) is 11.8 Å². The molecule has 2 aromatic rings.